The van der Waals surface area contributed by atoms with Gasteiger partial charge in [-0.3, -0.25) is 4.79 Å². The summed E-state index contributed by atoms with van der Waals surface area (Å²) in [6, 6.07) is 10.2. The minimum atomic E-state index is -0.448. The van der Waals surface area contributed by atoms with Gasteiger partial charge in [0.25, 0.3) is 6.01 Å². The first-order valence-electron chi connectivity index (χ1n) is 9.69. The van der Waals surface area contributed by atoms with Crippen LogP contribution in [0.1, 0.15) is 29.9 Å². The van der Waals surface area contributed by atoms with Crippen molar-refractivity contribution in [2.75, 3.05) is 31.1 Å². The van der Waals surface area contributed by atoms with E-state index in [0.717, 1.165) is 17.7 Å². The summed E-state index contributed by atoms with van der Waals surface area (Å²) in [5, 5.41) is 0. The quantitative estimate of drug-likeness (QED) is 0.696. The highest BCUT2D eigenvalue weighted by Crippen LogP contribution is 2.39. The van der Waals surface area contributed by atoms with Crippen LogP contribution < -0.4 is 4.90 Å². The number of fused-ring (bicyclic) bond motifs is 1. The molecule has 1 saturated carbocycles. The molecule has 0 spiro atoms. The zero-order valence-corrected chi connectivity index (χ0v) is 15.5. The molecule has 2 aromatic heterocycles. The van der Waals surface area contributed by atoms with Crippen LogP contribution in [0.2, 0.25) is 0 Å². The minimum absolute atomic E-state index is 0.139. The molecule has 3 aromatic rings. The van der Waals surface area contributed by atoms with Crippen LogP contribution in [-0.2, 0) is 11.2 Å². The van der Waals surface area contributed by atoms with Crippen molar-refractivity contribution in [2.45, 2.75) is 25.2 Å². The van der Waals surface area contributed by atoms with Gasteiger partial charge in [0.2, 0.25) is 11.6 Å². The number of piperazine rings is 1. The van der Waals surface area contributed by atoms with Crippen LogP contribution in [0, 0.1) is 5.82 Å². The topological polar surface area (TPSA) is 62.5 Å². The average molecular weight is 380 g/mol. The van der Waals surface area contributed by atoms with Crippen molar-refractivity contribution in [1.29, 1.82) is 0 Å². The second-order valence-corrected chi connectivity index (χ2v) is 7.53. The number of halogens is 1. The van der Waals surface area contributed by atoms with Crippen LogP contribution in [0.5, 0.6) is 0 Å². The fraction of sp³-hybridized carbons (Fsp3) is 0.381. The molecule has 0 atom stereocenters. The Labute approximate surface area is 162 Å². The summed E-state index contributed by atoms with van der Waals surface area (Å²) in [4.78, 5) is 24.7. The van der Waals surface area contributed by atoms with Crippen LogP contribution in [0.3, 0.4) is 0 Å². The fourth-order valence-electron chi connectivity index (χ4n) is 3.68. The molecular formula is C21H21FN4O2. The maximum atomic E-state index is 13.3. The molecule has 7 heteroatoms. The molecule has 144 valence electrons. The number of amides is 1. The van der Waals surface area contributed by atoms with E-state index in [1.165, 1.54) is 24.5 Å². The summed E-state index contributed by atoms with van der Waals surface area (Å²) in [5.41, 5.74) is 3.18. The lowest BCUT2D eigenvalue weighted by atomic mass is 10.1. The van der Waals surface area contributed by atoms with Gasteiger partial charge in [-0.2, -0.15) is 4.98 Å². The van der Waals surface area contributed by atoms with Crippen molar-refractivity contribution in [1.82, 2.24) is 14.9 Å². The number of oxazole rings is 1. The van der Waals surface area contributed by atoms with Crippen LogP contribution in [0.25, 0.3) is 11.2 Å². The van der Waals surface area contributed by atoms with Crippen molar-refractivity contribution < 1.29 is 13.6 Å². The Morgan fingerprint density at radius 3 is 2.61 bits per heavy atom. The number of hydrogen-bond acceptors (Lipinski definition) is 5. The van der Waals surface area contributed by atoms with Gasteiger partial charge in [-0.15, -0.1) is 0 Å². The molecule has 2 fully saturated rings. The Bertz CT molecular complexity index is 1000. The smallest absolute Gasteiger partial charge is 0.300 e. The molecule has 0 bridgehead atoms. The Morgan fingerprint density at radius 1 is 1.14 bits per heavy atom. The molecule has 28 heavy (non-hydrogen) atoms. The zero-order chi connectivity index (χ0) is 19.1. The van der Waals surface area contributed by atoms with Gasteiger partial charge in [0, 0.05) is 32.2 Å². The average Bonchev–Trinajstić information content (AvgIpc) is 3.48. The standard InChI is InChI=1S/C21H21FN4O2/c22-17-12-18-20(23-13-17)24-21(28-18)26-9-7-25(8-10-26)19(27)11-14-1-3-15(4-2-14)16-5-6-16/h1-4,12-13,16H,5-11H2. The molecular weight excluding hydrogens is 359 g/mol. The molecule has 1 aliphatic heterocycles. The van der Waals surface area contributed by atoms with E-state index in [-0.39, 0.29) is 5.91 Å². The Morgan fingerprint density at radius 2 is 1.89 bits per heavy atom. The largest absolute Gasteiger partial charge is 0.422 e. The van der Waals surface area contributed by atoms with E-state index in [9.17, 15) is 9.18 Å². The summed E-state index contributed by atoms with van der Waals surface area (Å²) in [5.74, 6) is 0.423. The van der Waals surface area contributed by atoms with Gasteiger partial charge in [0.15, 0.2) is 5.58 Å². The lowest BCUT2D eigenvalue weighted by molar-refractivity contribution is -0.130. The van der Waals surface area contributed by atoms with Crippen molar-refractivity contribution in [3.63, 3.8) is 0 Å². The number of aromatic nitrogens is 2. The molecule has 3 heterocycles. The molecule has 5 rings (SSSR count). The van der Waals surface area contributed by atoms with E-state index in [2.05, 4.69) is 34.2 Å². The Balaban J connectivity index is 1.19. The minimum Gasteiger partial charge on any atom is -0.422 e. The molecule has 0 N–H and O–H groups in total. The molecule has 2 aliphatic rings. The SMILES string of the molecule is O=C(Cc1ccc(C2CC2)cc1)N1CCN(c2nc3ncc(F)cc3o2)CC1. The highest BCUT2D eigenvalue weighted by molar-refractivity contribution is 5.79. The third-order valence-corrected chi connectivity index (χ3v) is 5.49. The molecule has 0 unspecified atom stereocenters. The highest BCUT2D eigenvalue weighted by atomic mass is 19.1. The number of carbonyl (C=O) groups is 1. The lowest BCUT2D eigenvalue weighted by Gasteiger charge is -2.33. The number of carbonyl (C=O) groups excluding carboxylic acids is 1. The van der Waals surface area contributed by atoms with Gasteiger partial charge < -0.3 is 14.2 Å². The summed E-state index contributed by atoms with van der Waals surface area (Å²) in [6.07, 6.45) is 4.13. The van der Waals surface area contributed by atoms with E-state index >= 15 is 0 Å². The maximum Gasteiger partial charge on any atom is 0.300 e. The number of hydrogen-bond donors (Lipinski definition) is 0. The summed E-state index contributed by atoms with van der Waals surface area (Å²) in [7, 11) is 0. The van der Waals surface area contributed by atoms with Gasteiger partial charge in [-0.25, -0.2) is 9.37 Å². The molecule has 0 radical (unpaired) electrons. The van der Waals surface area contributed by atoms with E-state index in [1.54, 1.807) is 0 Å². The normalized spacial score (nSPS) is 17.3. The number of pyridine rings is 1. The van der Waals surface area contributed by atoms with Crippen molar-refractivity contribution in [3.8, 4) is 0 Å². The van der Waals surface area contributed by atoms with Gasteiger partial charge in [-0.1, -0.05) is 24.3 Å². The Hall–Kier alpha value is -2.96. The van der Waals surface area contributed by atoms with E-state index in [1.807, 2.05) is 9.80 Å². The highest BCUT2D eigenvalue weighted by Gasteiger charge is 2.25. The van der Waals surface area contributed by atoms with Gasteiger partial charge in [0.05, 0.1) is 12.6 Å². The number of nitrogens with zero attached hydrogens (tertiary/aromatic N) is 4. The van der Waals surface area contributed by atoms with Crippen molar-refractivity contribution in [2.24, 2.45) is 0 Å². The van der Waals surface area contributed by atoms with Crippen molar-refractivity contribution in [3.05, 3.63) is 53.5 Å². The third kappa shape index (κ3) is 3.44. The van der Waals surface area contributed by atoms with E-state index in [4.69, 9.17) is 4.42 Å². The zero-order valence-electron chi connectivity index (χ0n) is 15.5. The fourth-order valence-corrected chi connectivity index (χ4v) is 3.68. The molecule has 1 amide bonds. The first-order chi connectivity index (χ1) is 13.7. The maximum absolute atomic E-state index is 13.3. The molecule has 1 saturated heterocycles. The van der Waals surface area contributed by atoms with Crippen LogP contribution in [0.4, 0.5) is 10.4 Å². The van der Waals surface area contributed by atoms with Gasteiger partial charge in [-0.05, 0) is 29.9 Å². The summed E-state index contributed by atoms with van der Waals surface area (Å²) >= 11 is 0. The number of rotatable bonds is 4. The van der Waals surface area contributed by atoms with Crippen LogP contribution >= 0.6 is 0 Å². The van der Waals surface area contributed by atoms with E-state index < -0.39 is 5.82 Å². The first kappa shape index (κ1) is 17.2. The van der Waals surface area contributed by atoms with Crippen LogP contribution in [0.15, 0.2) is 40.9 Å². The molecule has 6 nitrogen and oxygen atoms in total. The monoisotopic (exact) mass is 380 g/mol. The number of anilines is 1. The third-order valence-electron chi connectivity index (χ3n) is 5.49. The van der Waals surface area contributed by atoms with Gasteiger partial charge >= 0.3 is 0 Å². The Kier molecular flexibility index (Phi) is 4.22. The summed E-state index contributed by atoms with van der Waals surface area (Å²) in [6.45, 7) is 2.47. The number of benzene rings is 1. The van der Waals surface area contributed by atoms with Crippen LogP contribution in [-0.4, -0.2) is 47.0 Å². The summed E-state index contributed by atoms with van der Waals surface area (Å²) < 4.78 is 18.9. The van der Waals surface area contributed by atoms with Gasteiger partial charge in [0.1, 0.15) is 5.82 Å². The second-order valence-electron chi connectivity index (χ2n) is 7.53. The first-order valence-corrected chi connectivity index (χ1v) is 9.69. The van der Waals surface area contributed by atoms with E-state index in [0.29, 0.717) is 49.8 Å². The second kappa shape index (κ2) is 6.89. The van der Waals surface area contributed by atoms with Crippen molar-refractivity contribution >= 4 is 23.2 Å². The molecule has 1 aliphatic carbocycles. The molecule has 1 aromatic carbocycles. The predicted octanol–water partition coefficient (Wildman–Crippen LogP) is 3.13. The predicted molar refractivity (Wildman–Crippen MR) is 103 cm³/mol. The lowest BCUT2D eigenvalue weighted by Crippen LogP contribution is -2.49.